The second-order valence-corrected chi connectivity index (χ2v) is 11.1. The summed E-state index contributed by atoms with van der Waals surface area (Å²) >= 11 is 0. The molecule has 0 bridgehead atoms. The van der Waals surface area contributed by atoms with E-state index < -0.39 is 41.4 Å². The van der Waals surface area contributed by atoms with Crippen LogP contribution in [0.2, 0.25) is 0 Å². The summed E-state index contributed by atoms with van der Waals surface area (Å²) in [4.78, 5) is 36.3. The Kier molecular flexibility index (Phi) is 5.75. The molecule has 4 atom stereocenters. The van der Waals surface area contributed by atoms with Crippen molar-refractivity contribution in [3.8, 4) is 5.75 Å². The van der Waals surface area contributed by atoms with Gasteiger partial charge in [0.15, 0.2) is 23.3 Å². The first kappa shape index (κ1) is 26.0. The predicted octanol–water partition coefficient (Wildman–Crippen LogP) is -1.46. The molecule has 1 fully saturated rings. The van der Waals surface area contributed by atoms with Gasteiger partial charge in [-0.15, -0.1) is 0 Å². The highest BCUT2D eigenvalue weighted by Gasteiger charge is 2.73. The number of benzene rings is 1. The Hall–Kier alpha value is -4.30. The van der Waals surface area contributed by atoms with E-state index in [4.69, 9.17) is 20.6 Å². The molecule has 0 aliphatic carbocycles. The molecule has 6 rings (SSSR count). The van der Waals surface area contributed by atoms with Crippen molar-refractivity contribution in [2.45, 2.75) is 55.3 Å². The summed E-state index contributed by atoms with van der Waals surface area (Å²) in [6.07, 6.45) is 2.18. The number of hydrogen-bond donors (Lipinski definition) is 7. The van der Waals surface area contributed by atoms with E-state index in [1.165, 1.54) is 17.2 Å². The van der Waals surface area contributed by atoms with Crippen LogP contribution in [0.1, 0.15) is 46.7 Å². The highest BCUT2D eigenvalue weighted by Crippen LogP contribution is 2.45. The molecule has 1 saturated heterocycles. The summed E-state index contributed by atoms with van der Waals surface area (Å²) < 4.78 is 11.0. The van der Waals surface area contributed by atoms with Crippen LogP contribution in [-0.4, -0.2) is 88.1 Å². The Morgan fingerprint density at radius 3 is 2.73 bits per heavy atom. The van der Waals surface area contributed by atoms with Gasteiger partial charge in [-0.1, -0.05) is 26.0 Å². The third-order valence-corrected chi connectivity index (χ3v) is 8.29. The number of nitrogens with zero attached hydrogens (tertiary/aromatic N) is 3. The molecule has 2 amide bonds. The lowest BCUT2D eigenvalue weighted by molar-refractivity contribution is -0.230. The number of para-hydroxylation sites is 1. The van der Waals surface area contributed by atoms with E-state index in [0.717, 1.165) is 12.0 Å². The second-order valence-electron chi connectivity index (χ2n) is 11.1. The number of carbonyl (C=O) groups is 2. The zero-order valence-corrected chi connectivity index (χ0v) is 22.0. The van der Waals surface area contributed by atoms with Crippen molar-refractivity contribution in [1.29, 1.82) is 0 Å². The zero-order valence-electron chi connectivity index (χ0n) is 22.0. The third-order valence-electron chi connectivity index (χ3n) is 8.29. The summed E-state index contributed by atoms with van der Waals surface area (Å²) in [5, 5.41) is 31.7. The summed E-state index contributed by atoms with van der Waals surface area (Å²) in [6, 6.07) is 5.43. The molecule has 2 aromatic rings. The summed E-state index contributed by atoms with van der Waals surface area (Å²) in [5.41, 5.74) is 11.6. The van der Waals surface area contributed by atoms with Gasteiger partial charge in [0.05, 0.1) is 24.5 Å². The molecule has 1 aromatic carbocycles. The van der Waals surface area contributed by atoms with E-state index >= 15 is 0 Å². The number of rotatable bonds is 5. The minimum atomic E-state index is -2.61. The van der Waals surface area contributed by atoms with Gasteiger partial charge >= 0.3 is 0 Å². The molecule has 9 N–H and O–H groups in total. The predicted molar refractivity (Wildman–Crippen MR) is 142 cm³/mol. The number of furan rings is 1. The molecule has 5 heterocycles. The van der Waals surface area contributed by atoms with E-state index in [2.05, 4.69) is 39.8 Å². The molecule has 14 heteroatoms. The average molecular weight is 553 g/mol. The maximum absolute atomic E-state index is 13.5. The SMILES string of the molecule is CC1(C)CCOc2c(C(=O)NC3CN4C(N)=N[C@@H](CNC(=O)c5ccco5)[C@@H]5N=C(N)N[C@@]54C3(O)O)cccc21. The smallest absolute Gasteiger partial charge is 0.287 e. The van der Waals surface area contributed by atoms with Crippen LogP contribution in [-0.2, 0) is 5.41 Å². The molecule has 4 aliphatic rings. The van der Waals surface area contributed by atoms with Crippen LogP contribution in [0.25, 0.3) is 0 Å². The molecule has 0 saturated carbocycles. The van der Waals surface area contributed by atoms with Crippen LogP contribution in [0, 0.1) is 0 Å². The molecule has 14 nitrogen and oxygen atoms in total. The van der Waals surface area contributed by atoms with Crippen LogP contribution in [0.3, 0.4) is 0 Å². The fourth-order valence-corrected chi connectivity index (χ4v) is 6.13. The van der Waals surface area contributed by atoms with Crippen LogP contribution in [0.15, 0.2) is 51.0 Å². The van der Waals surface area contributed by atoms with Gasteiger partial charge in [-0.25, -0.2) is 9.98 Å². The first-order chi connectivity index (χ1) is 19.0. The number of nitrogens with two attached hydrogens (primary N) is 2. The lowest BCUT2D eigenvalue weighted by Gasteiger charge is -2.49. The standard InChI is InChI=1S/C26H32N8O6/c1-24(2)8-10-40-18-13(5-3-6-14(18)24)20(35)31-17-12-34-23(28)30-15(11-29-21(36)16-7-4-9-39-16)19-25(34,26(17,37)38)33-22(27)32-19/h3-7,9,15,17,19,37-38H,8,10-12H2,1-2H3,(H2,28,30)(H,29,36)(H,31,35)(H3,27,32,33)/t15-,17?,19-,25-/m0/s1. The highest BCUT2D eigenvalue weighted by molar-refractivity contribution is 5.98. The van der Waals surface area contributed by atoms with Crippen molar-refractivity contribution in [2.75, 3.05) is 19.7 Å². The van der Waals surface area contributed by atoms with Crippen molar-refractivity contribution in [3.63, 3.8) is 0 Å². The lowest BCUT2D eigenvalue weighted by atomic mass is 9.79. The van der Waals surface area contributed by atoms with E-state index in [0.29, 0.717) is 12.4 Å². The molecule has 1 unspecified atom stereocenters. The van der Waals surface area contributed by atoms with Crippen molar-refractivity contribution in [3.05, 3.63) is 53.5 Å². The fourth-order valence-electron chi connectivity index (χ4n) is 6.13. The highest BCUT2D eigenvalue weighted by atomic mass is 16.5. The second kappa shape index (κ2) is 8.86. The van der Waals surface area contributed by atoms with E-state index in [-0.39, 0.29) is 41.7 Å². The van der Waals surface area contributed by atoms with Gasteiger partial charge in [-0.3, -0.25) is 9.59 Å². The number of ether oxygens (including phenoxy) is 1. The Balaban J connectivity index is 1.27. The average Bonchev–Trinajstić information content (AvgIpc) is 3.61. The van der Waals surface area contributed by atoms with Crippen molar-refractivity contribution in [2.24, 2.45) is 21.5 Å². The van der Waals surface area contributed by atoms with Crippen LogP contribution in [0.5, 0.6) is 5.75 Å². The van der Waals surface area contributed by atoms with Gasteiger partial charge in [0.2, 0.25) is 5.79 Å². The Bertz CT molecular complexity index is 1420. The number of guanidine groups is 2. The summed E-state index contributed by atoms with van der Waals surface area (Å²) in [5.74, 6) is -3.14. The number of nitrogens with one attached hydrogen (secondary N) is 3. The van der Waals surface area contributed by atoms with Crippen molar-refractivity contribution < 1.29 is 29.0 Å². The molecule has 212 valence electrons. The minimum Gasteiger partial charge on any atom is -0.492 e. The lowest BCUT2D eigenvalue weighted by Crippen LogP contribution is -2.78. The minimum absolute atomic E-state index is 0.0303. The Morgan fingerprint density at radius 1 is 1.18 bits per heavy atom. The van der Waals surface area contributed by atoms with E-state index in [1.807, 2.05) is 6.07 Å². The quantitative estimate of drug-likeness (QED) is 0.214. The van der Waals surface area contributed by atoms with Crippen LogP contribution >= 0.6 is 0 Å². The molecular formula is C26H32N8O6. The van der Waals surface area contributed by atoms with Crippen molar-refractivity contribution in [1.82, 2.24) is 20.9 Å². The molecule has 0 radical (unpaired) electrons. The molecule has 4 aliphatic heterocycles. The first-order valence-electron chi connectivity index (χ1n) is 13.0. The zero-order chi connectivity index (χ0) is 28.4. The normalized spacial score (nSPS) is 29.1. The molecular weight excluding hydrogens is 520 g/mol. The Labute approximate surface area is 229 Å². The maximum atomic E-state index is 13.5. The fraction of sp³-hybridized carbons (Fsp3) is 0.462. The summed E-state index contributed by atoms with van der Waals surface area (Å²) in [6.45, 7) is 4.48. The van der Waals surface area contributed by atoms with E-state index in [9.17, 15) is 19.8 Å². The Morgan fingerprint density at radius 2 is 1.98 bits per heavy atom. The van der Waals surface area contributed by atoms with Gasteiger partial charge in [0.1, 0.15) is 17.8 Å². The van der Waals surface area contributed by atoms with Crippen molar-refractivity contribution >= 4 is 23.7 Å². The number of fused-ring (bicyclic) bond motifs is 1. The third kappa shape index (κ3) is 3.70. The number of aliphatic imine (C=N–C) groups is 2. The molecule has 1 spiro atoms. The number of amides is 2. The summed E-state index contributed by atoms with van der Waals surface area (Å²) in [7, 11) is 0. The first-order valence-corrected chi connectivity index (χ1v) is 13.0. The number of hydrogen-bond acceptors (Lipinski definition) is 12. The largest absolute Gasteiger partial charge is 0.492 e. The van der Waals surface area contributed by atoms with Gasteiger partial charge in [-0.05, 0) is 30.0 Å². The van der Waals surface area contributed by atoms with Gasteiger partial charge < -0.3 is 51.7 Å². The number of aliphatic hydroxyl groups is 2. The van der Waals surface area contributed by atoms with Gasteiger partial charge in [0.25, 0.3) is 11.8 Å². The molecule has 40 heavy (non-hydrogen) atoms. The maximum Gasteiger partial charge on any atom is 0.287 e. The molecule has 1 aromatic heterocycles. The van der Waals surface area contributed by atoms with Gasteiger partial charge in [-0.2, -0.15) is 0 Å². The topological polar surface area (TPSA) is 213 Å². The van der Waals surface area contributed by atoms with Crippen LogP contribution < -0.4 is 32.2 Å². The van der Waals surface area contributed by atoms with Crippen LogP contribution in [0.4, 0.5) is 0 Å². The number of carbonyl (C=O) groups excluding carboxylic acids is 2. The van der Waals surface area contributed by atoms with Gasteiger partial charge in [0, 0.05) is 18.7 Å². The van der Waals surface area contributed by atoms with E-state index in [1.54, 1.807) is 18.2 Å². The monoisotopic (exact) mass is 552 g/mol.